The van der Waals surface area contributed by atoms with E-state index in [0.29, 0.717) is 5.76 Å². The molecule has 0 fully saturated rings. The minimum atomic E-state index is -0.218. The number of hydrogen-bond acceptors (Lipinski definition) is 2. The van der Waals surface area contributed by atoms with Gasteiger partial charge in [-0.1, -0.05) is 17.7 Å². The molecular weight excluding hydrogens is 214 g/mol. The van der Waals surface area contributed by atoms with Gasteiger partial charge < -0.3 is 9.73 Å². The van der Waals surface area contributed by atoms with Crippen LogP contribution in [0.15, 0.2) is 34.9 Å². The molecule has 3 heteroatoms. The lowest BCUT2D eigenvalue weighted by Crippen LogP contribution is -2.13. The largest absolute Gasteiger partial charge is 0.459 e. The van der Waals surface area contributed by atoms with Gasteiger partial charge in [-0.3, -0.25) is 4.79 Å². The first-order chi connectivity index (χ1) is 8.08. The Morgan fingerprint density at radius 3 is 2.35 bits per heavy atom. The van der Waals surface area contributed by atoms with Gasteiger partial charge in [0, 0.05) is 5.69 Å². The molecule has 0 saturated carbocycles. The fourth-order valence-electron chi connectivity index (χ4n) is 1.96. The highest BCUT2D eigenvalue weighted by Crippen LogP contribution is 2.22. The molecule has 88 valence electrons. The van der Waals surface area contributed by atoms with Crippen molar-refractivity contribution in [2.24, 2.45) is 0 Å². The predicted octanol–water partition coefficient (Wildman–Crippen LogP) is 3.46. The standard InChI is InChI=1S/C14H15NO2/c1-9-7-10(2)13(11(3)8-9)15-14(16)12-5-4-6-17-12/h4-8H,1-3H3,(H,15,16). The van der Waals surface area contributed by atoms with Crippen molar-refractivity contribution in [2.45, 2.75) is 20.8 Å². The highest BCUT2D eigenvalue weighted by atomic mass is 16.3. The molecule has 1 aromatic carbocycles. The van der Waals surface area contributed by atoms with Crippen LogP contribution < -0.4 is 5.32 Å². The number of anilines is 1. The van der Waals surface area contributed by atoms with E-state index >= 15 is 0 Å². The average molecular weight is 229 g/mol. The Bertz CT molecular complexity index is 518. The first-order valence-electron chi connectivity index (χ1n) is 5.50. The monoisotopic (exact) mass is 229 g/mol. The smallest absolute Gasteiger partial charge is 0.291 e. The summed E-state index contributed by atoms with van der Waals surface area (Å²) in [7, 11) is 0. The number of furan rings is 1. The van der Waals surface area contributed by atoms with Crippen molar-refractivity contribution >= 4 is 11.6 Å². The molecule has 1 heterocycles. The Kier molecular flexibility index (Phi) is 3.00. The zero-order valence-electron chi connectivity index (χ0n) is 10.2. The molecule has 0 aliphatic rings. The summed E-state index contributed by atoms with van der Waals surface area (Å²) >= 11 is 0. The van der Waals surface area contributed by atoms with Crippen molar-refractivity contribution in [3.05, 3.63) is 53.0 Å². The van der Waals surface area contributed by atoms with Crippen molar-refractivity contribution in [2.75, 3.05) is 5.32 Å². The van der Waals surface area contributed by atoms with Crippen LogP contribution >= 0.6 is 0 Å². The maximum absolute atomic E-state index is 11.9. The van der Waals surface area contributed by atoms with Crippen molar-refractivity contribution in [3.8, 4) is 0 Å². The number of carbonyl (C=O) groups is 1. The van der Waals surface area contributed by atoms with E-state index in [1.165, 1.54) is 11.8 Å². The third-order valence-corrected chi connectivity index (χ3v) is 2.66. The van der Waals surface area contributed by atoms with E-state index in [1.807, 2.05) is 32.9 Å². The van der Waals surface area contributed by atoms with Crippen molar-refractivity contribution in [1.82, 2.24) is 0 Å². The Morgan fingerprint density at radius 1 is 1.18 bits per heavy atom. The van der Waals surface area contributed by atoms with Gasteiger partial charge in [0.2, 0.25) is 0 Å². The van der Waals surface area contributed by atoms with Crippen LogP contribution in [-0.4, -0.2) is 5.91 Å². The van der Waals surface area contributed by atoms with Crippen LogP contribution in [0, 0.1) is 20.8 Å². The van der Waals surface area contributed by atoms with E-state index in [-0.39, 0.29) is 5.91 Å². The van der Waals surface area contributed by atoms with Gasteiger partial charge in [-0.25, -0.2) is 0 Å². The molecule has 0 unspecified atom stereocenters. The fourth-order valence-corrected chi connectivity index (χ4v) is 1.96. The second kappa shape index (κ2) is 4.45. The van der Waals surface area contributed by atoms with Crippen LogP contribution in [0.3, 0.4) is 0 Å². The SMILES string of the molecule is Cc1cc(C)c(NC(=O)c2ccco2)c(C)c1. The second-order valence-electron chi connectivity index (χ2n) is 4.21. The summed E-state index contributed by atoms with van der Waals surface area (Å²) in [6, 6.07) is 7.44. The Morgan fingerprint density at radius 2 is 1.82 bits per heavy atom. The topological polar surface area (TPSA) is 42.2 Å². The number of hydrogen-bond donors (Lipinski definition) is 1. The van der Waals surface area contributed by atoms with E-state index < -0.39 is 0 Å². The Hall–Kier alpha value is -2.03. The Balaban J connectivity index is 2.28. The van der Waals surface area contributed by atoms with E-state index in [0.717, 1.165) is 16.8 Å². The summed E-state index contributed by atoms with van der Waals surface area (Å²) in [5.41, 5.74) is 4.16. The summed E-state index contributed by atoms with van der Waals surface area (Å²) in [6.07, 6.45) is 1.49. The van der Waals surface area contributed by atoms with Crippen LogP contribution in [0.4, 0.5) is 5.69 Å². The molecule has 2 aromatic rings. The third kappa shape index (κ3) is 2.38. The normalized spacial score (nSPS) is 10.3. The maximum Gasteiger partial charge on any atom is 0.291 e. The highest BCUT2D eigenvalue weighted by Gasteiger charge is 2.11. The number of rotatable bonds is 2. The average Bonchev–Trinajstić information content (AvgIpc) is 2.76. The zero-order chi connectivity index (χ0) is 12.4. The summed E-state index contributed by atoms with van der Waals surface area (Å²) in [4.78, 5) is 11.9. The molecule has 2 rings (SSSR count). The van der Waals surface area contributed by atoms with Gasteiger partial charge in [0.1, 0.15) is 0 Å². The van der Waals surface area contributed by atoms with Gasteiger partial charge in [-0.05, 0) is 44.0 Å². The third-order valence-electron chi connectivity index (χ3n) is 2.66. The van der Waals surface area contributed by atoms with Crippen molar-refractivity contribution in [1.29, 1.82) is 0 Å². The summed E-state index contributed by atoms with van der Waals surface area (Å²) in [5, 5.41) is 2.88. The number of benzene rings is 1. The molecule has 0 saturated heterocycles. The van der Waals surface area contributed by atoms with Crippen LogP contribution in [0.25, 0.3) is 0 Å². The summed E-state index contributed by atoms with van der Waals surface area (Å²) in [6.45, 7) is 6.01. The van der Waals surface area contributed by atoms with Crippen molar-refractivity contribution < 1.29 is 9.21 Å². The molecule has 0 bridgehead atoms. The molecule has 1 aromatic heterocycles. The molecule has 0 radical (unpaired) electrons. The van der Waals surface area contributed by atoms with Crippen molar-refractivity contribution in [3.63, 3.8) is 0 Å². The van der Waals surface area contributed by atoms with E-state index in [4.69, 9.17) is 4.42 Å². The summed E-state index contributed by atoms with van der Waals surface area (Å²) < 4.78 is 5.06. The molecule has 17 heavy (non-hydrogen) atoms. The molecule has 0 aliphatic carbocycles. The Labute approximate surface area is 100 Å². The molecule has 0 spiro atoms. The van der Waals surface area contributed by atoms with Gasteiger partial charge >= 0.3 is 0 Å². The van der Waals surface area contributed by atoms with Crippen LogP contribution in [0.2, 0.25) is 0 Å². The maximum atomic E-state index is 11.9. The van der Waals surface area contributed by atoms with Gasteiger partial charge in [-0.2, -0.15) is 0 Å². The first kappa shape index (κ1) is 11.5. The van der Waals surface area contributed by atoms with Gasteiger partial charge in [-0.15, -0.1) is 0 Å². The summed E-state index contributed by atoms with van der Waals surface area (Å²) in [5.74, 6) is 0.106. The number of carbonyl (C=O) groups excluding carboxylic acids is 1. The molecule has 1 N–H and O–H groups in total. The zero-order valence-corrected chi connectivity index (χ0v) is 10.2. The van der Waals surface area contributed by atoms with Gasteiger partial charge in [0.05, 0.1) is 6.26 Å². The fraction of sp³-hybridized carbons (Fsp3) is 0.214. The minimum absolute atomic E-state index is 0.218. The van der Waals surface area contributed by atoms with Crippen LogP contribution in [-0.2, 0) is 0 Å². The molecular formula is C14H15NO2. The number of aryl methyl sites for hydroxylation is 3. The van der Waals surface area contributed by atoms with E-state index in [1.54, 1.807) is 12.1 Å². The van der Waals surface area contributed by atoms with Gasteiger partial charge in [0.15, 0.2) is 5.76 Å². The lowest BCUT2D eigenvalue weighted by molar-refractivity contribution is 0.0996. The number of amides is 1. The predicted molar refractivity (Wildman–Crippen MR) is 67.3 cm³/mol. The van der Waals surface area contributed by atoms with Gasteiger partial charge in [0.25, 0.3) is 5.91 Å². The molecule has 3 nitrogen and oxygen atoms in total. The first-order valence-corrected chi connectivity index (χ1v) is 5.50. The minimum Gasteiger partial charge on any atom is -0.459 e. The molecule has 0 aliphatic heterocycles. The molecule has 1 amide bonds. The van der Waals surface area contributed by atoms with Crippen LogP contribution in [0.5, 0.6) is 0 Å². The van der Waals surface area contributed by atoms with E-state index in [2.05, 4.69) is 5.32 Å². The van der Waals surface area contributed by atoms with Crippen LogP contribution in [0.1, 0.15) is 27.2 Å². The highest BCUT2D eigenvalue weighted by molar-refractivity contribution is 6.03. The number of nitrogens with one attached hydrogen (secondary N) is 1. The second-order valence-corrected chi connectivity index (χ2v) is 4.21. The molecule has 0 atom stereocenters. The quantitative estimate of drug-likeness (QED) is 0.856. The van der Waals surface area contributed by atoms with E-state index in [9.17, 15) is 4.79 Å². The lowest BCUT2D eigenvalue weighted by atomic mass is 10.1. The lowest BCUT2D eigenvalue weighted by Gasteiger charge is -2.11.